The Labute approximate surface area is 206 Å². The first kappa shape index (κ1) is 22.9. The van der Waals surface area contributed by atoms with Gasteiger partial charge in [-0.15, -0.1) is 11.3 Å². The van der Waals surface area contributed by atoms with Crippen LogP contribution in [0.25, 0.3) is 15.9 Å². The number of amides is 1. The molecule has 1 aromatic carbocycles. The summed E-state index contributed by atoms with van der Waals surface area (Å²) in [5.74, 6) is 0.631. The van der Waals surface area contributed by atoms with Crippen molar-refractivity contribution >= 4 is 45.0 Å². The van der Waals surface area contributed by atoms with Crippen LogP contribution in [0, 0.1) is 6.92 Å². The van der Waals surface area contributed by atoms with Crippen LogP contribution in [0.15, 0.2) is 46.5 Å². The topological polar surface area (TPSA) is 81.8 Å². The van der Waals surface area contributed by atoms with Crippen molar-refractivity contribution in [3.05, 3.63) is 62.9 Å². The third-order valence-corrected chi connectivity index (χ3v) is 8.13. The fraction of sp³-hybridized carbons (Fsp3) is 0.360. The minimum Gasteiger partial charge on any atom is -0.310 e. The lowest BCUT2D eigenvalue weighted by Crippen LogP contribution is -2.23. The highest BCUT2D eigenvalue weighted by atomic mass is 32.2. The van der Waals surface area contributed by atoms with Crippen molar-refractivity contribution in [3.63, 3.8) is 0 Å². The summed E-state index contributed by atoms with van der Waals surface area (Å²) in [5.41, 5.74) is 3.01. The first-order valence-electron chi connectivity index (χ1n) is 11.5. The molecule has 3 aromatic heterocycles. The molecule has 1 N–H and O–H groups in total. The lowest BCUT2D eigenvalue weighted by atomic mass is 9.97. The molecule has 0 aliphatic heterocycles. The molecule has 7 nitrogen and oxygen atoms in total. The molecule has 0 spiro atoms. The lowest BCUT2D eigenvalue weighted by molar-refractivity contribution is -0.113. The molecule has 1 aliphatic carbocycles. The molecule has 176 valence electrons. The molecule has 34 heavy (non-hydrogen) atoms. The van der Waals surface area contributed by atoms with Gasteiger partial charge in [-0.25, -0.2) is 9.67 Å². The Morgan fingerprint density at radius 2 is 1.94 bits per heavy atom. The Hall–Kier alpha value is -2.91. The Morgan fingerprint density at radius 1 is 1.18 bits per heavy atom. The Morgan fingerprint density at radius 3 is 2.71 bits per heavy atom. The molecule has 3 heterocycles. The minimum absolute atomic E-state index is 0.0472. The Kier molecular flexibility index (Phi) is 6.31. The van der Waals surface area contributed by atoms with Gasteiger partial charge in [0.05, 0.1) is 23.0 Å². The van der Waals surface area contributed by atoms with Gasteiger partial charge < -0.3 is 5.32 Å². The molecule has 0 atom stereocenters. The van der Waals surface area contributed by atoms with E-state index in [1.165, 1.54) is 22.2 Å². The molecule has 0 fully saturated rings. The molecule has 0 radical (unpaired) electrons. The monoisotopic (exact) mass is 493 g/mol. The van der Waals surface area contributed by atoms with Crippen LogP contribution in [0.5, 0.6) is 0 Å². The van der Waals surface area contributed by atoms with Crippen LogP contribution >= 0.6 is 23.1 Å². The average molecular weight is 494 g/mol. The molecule has 0 unspecified atom stereocenters. The first-order chi connectivity index (χ1) is 16.4. The number of aromatic nitrogens is 4. The van der Waals surface area contributed by atoms with E-state index in [9.17, 15) is 9.59 Å². The largest absolute Gasteiger partial charge is 0.310 e. The normalized spacial score (nSPS) is 13.4. The second kappa shape index (κ2) is 9.38. The van der Waals surface area contributed by atoms with Gasteiger partial charge in [0, 0.05) is 17.0 Å². The van der Waals surface area contributed by atoms with E-state index in [2.05, 4.69) is 10.4 Å². The third kappa shape index (κ3) is 4.30. The summed E-state index contributed by atoms with van der Waals surface area (Å²) < 4.78 is 3.44. The fourth-order valence-electron chi connectivity index (χ4n) is 4.34. The summed E-state index contributed by atoms with van der Waals surface area (Å²) >= 11 is 2.91. The van der Waals surface area contributed by atoms with Gasteiger partial charge in [0.1, 0.15) is 10.6 Å². The highest BCUT2D eigenvalue weighted by Crippen LogP contribution is 2.35. The van der Waals surface area contributed by atoms with Gasteiger partial charge in [0.15, 0.2) is 5.16 Å². The van der Waals surface area contributed by atoms with Crippen LogP contribution in [0.3, 0.4) is 0 Å². The van der Waals surface area contributed by atoms with Crippen molar-refractivity contribution in [1.29, 1.82) is 0 Å². The van der Waals surface area contributed by atoms with Gasteiger partial charge >= 0.3 is 0 Å². The number of carbonyl (C=O) groups is 1. The first-order valence-corrected chi connectivity index (χ1v) is 13.3. The Bertz CT molecular complexity index is 1420. The van der Waals surface area contributed by atoms with Crippen molar-refractivity contribution in [2.24, 2.45) is 0 Å². The van der Waals surface area contributed by atoms with Crippen LogP contribution in [-0.4, -0.2) is 31.0 Å². The molecule has 9 heteroatoms. The van der Waals surface area contributed by atoms with E-state index in [0.717, 1.165) is 47.2 Å². The summed E-state index contributed by atoms with van der Waals surface area (Å²) in [6.07, 6.45) is 5.87. The standard InChI is InChI=1S/C25H27N5O2S2/c1-15(2)30-20(12-13-26-30)27-21(31)14-33-25-28-23-22(18-6-4-5-7-19(18)34-23)24(32)29(25)17-10-8-16(3)9-11-17/h8-13,15H,4-7,14H2,1-3H3,(H,27,31). The molecular formula is C25H27N5O2S2. The number of thiophene rings is 1. The van der Waals surface area contributed by atoms with E-state index in [1.54, 1.807) is 32.8 Å². The van der Waals surface area contributed by atoms with E-state index >= 15 is 0 Å². The quantitative estimate of drug-likeness (QED) is 0.297. The fourth-order valence-corrected chi connectivity index (χ4v) is 6.45. The van der Waals surface area contributed by atoms with Gasteiger partial charge in [-0.1, -0.05) is 29.5 Å². The van der Waals surface area contributed by atoms with Crippen molar-refractivity contribution in [2.75, 3.05) is 11.1 Å². The number of fused-ring (bicyclic) bond motifs is 3. The third-order valence-electron chi connectivity index (χ3n) is 6.01. The second-order valence-electron chi connectivity index (χ2n) is 8.85. The molecule has 0 bridgehead atoms. The summed E-state index contributed by atoms with van der Waals surface area (Å²) in [5, 5.41) is 8.47. The number of carbonyl (C=O) groups excluding carboxylic acids is 1. The van der Waals surface area contributed by atoms with Crippen LogP contribution in [0.4, 0.5) is 5.82 Å². The zero-order valence-electron chi connectivity index (χ0n) is 19.5. The number of nitrogens with one attached hydrogen (secondary N) is 1. The number of thioether (sulfide) groups is 1. The van der Waals surface area contributed by atoms with Gasteiger partial charge in [-0.3, -0.25) is 14.2 Å². The Balaban J connectivity index is 1.51. The predicted octanol–water partition coefficient (Wildman–Crippen LogP) is 5.14. The number of rotatable bonds is 6. The minimum atomic E-state index is -0.164. The molecule has 1 amide bonds. The maximum atomic E-state index is 13.8. The lowest BCUT2D eigenvalue weighted by Gasteiger charge is -2.14. The van der Waals surface area contributed by atoms with Gasteiger partial charge in [-0.05, 0) is 64.2 Å². The number of aryl methyl sites for hydroxylation is 3. The number of nitrogens with zero attached hydrogens (tertiary/aromatic N) is 4. The summed E-state index contributed by atoms with van der Waals surface area (Å²) in [6.45, 7) is 6.04. The number of hydrogen-bond acceptors (Lipinski definition) is 6. The highest BCUT2D eigenvalue weighted by molar-refractivity contribution is 7.99. The van der Waals surface area contributed by atoms with Gasteiger partial charge in [0.2, 0.25) is 5.91 Å². The van der Waals surface area contributed by atoms with Crippen LogP contribution < -0.4 is 10.9 Å². The van der Waals surface area contributed by atoms with Gasteiger partial charge in [0.25, 0.3) is 5.56 Å². The number of anilines is 1. The second-order valence-corrected chi connectivity index (χ2v) is 10.9. The molecule has 5 rings (SSSR count). The predicted molar refractivity (Wildman–Crippen MR) is 139 cm³/mol. The summed E-state index contributed by atoms with van der Waals surface area (Å²) in [4.78, 5) is 33.5. The van der Waals surface area contributed by atoms with Crippen LogP contribution in [0.1, 0.15) is 48.7 Å². The zero-order valence-corrected chi connectivity index (χ0v) is 21.1. The highest BCUT2D eigenvalue weighted by Gasteiger charge is 2.23. The molecule has 0 saturated carbocycles. The molecule has 0 saturated heterocycles. The van der Waals surface area contributed by atoms with E-state index in [0.29, 0.717) is 11.0 Å². The van der Waals surface area contributed by atoms with Crippen molar-refractivity contribution in [1.82, 2.24) is 19.3 Å². The van der Waals surface area contributed by atoms with Crippen molar-refractivity contribution in [3.8, 4) is 5.69 Å². The summed E-state index contributed by atoms with van der Waals surface area (Å²) in [7, 11) is 0. The molecule has 4 aromatic rings. The maximum absolute atomic E-state index is 13.8. The smallest absolute Gasteiger partial charge is 0.267 e. The van der Waals surface area contributed by atoms with E-state index in [4.69, 9.17) is 4.98 Å². The molecular weight excluding hydrogens is 466 g/mol. The van der Waals surface area contributed by atoms with Gasteiger partial charge in [-0.2, -0.15) is 5.10 Å². The summed E-state index contributed by atoms with van der Waals surface area (Å²) in [6, 6.07) is 9.78. The van der Waals surface area contributed by atoms with Crippen molar-refractivity contribution < 1.29 is 4.79 Å². The van der Waals surface area contributed by atoms with Crippen molar-refractivity contribution in [2.45, 2.75) is 57.7 Å². The van der Waals surface area contributed by atoms with E-state index in [-0.39, 0.29) is 23.3 Å². The SMILES string of the molecule is Cc1ccc(-n2c(SCC(=O)Nc3ccnn3C(C)C)nc3sc4c(c3c2=O)CCCC4)cc1. The molecule has 1 aliphatic rings. The number of hydrogen-bond donors (Lipinski definition) is 1. The zero-order chi connectivity index (χ0) is 23.8. The maximum Gasteiger partial charge on any atom is 0.267 e. The average Bonchev–Trinajstić information content (AvgIpc) is 3.43. The van der Waals surface area contributed by atoms with Crippen LogP contribution in [0.2, 0.25) is 0 Å². The number of benzene rings is 1. The van der Waals surface area contributed by atoms with E-state index < -0.39 is 0 Å². The van der Waals surface area contributed by atoms with E-state index in [1.807, 2.05) is 45.0 Å². The van der Waals surface area contributed by atoms with Crippen LogP contribution in [-0.2, 0) is 17.6 Å².